The van der Waals surface area contributed by atoms with Crippen LogP contribution in [0.5, 0.6) is 5.75 Å². The highest BCUT2D eigenvalue weighted by atomic mass is 35.5. The van der Waals surface area contributed by atoms with Crippen molar-refractivity contribution in [2.45, 2.75) is 39.2 Å². The highest BCUT2D eigenvalue weighted by Crippen LogP contribution is 2.18. The molecule has 7 nitrogen and oxygen atoms in total. The molecule has 0 aliphatic rings. The van der Waals surface area contributed by atoms with Crippen molar-refractivity contribution in [3.8, 4) is 5.75 Å². The number of aromatic nitrogens is 2. The molecule has 2 aromatic carbocycles. The van der Waals surface area contributed by atoms with Gasteiger partial charge >= 0.3 is 5.97 Å². The molecule has 0 atom stereocenters. The van der Waals surface area contributed by atoms with Crippen LogP contribution in [0.25, 0.3) is 11.0 Å². The van der Waals surface area contributed by atoms with Crippen LogP contribution in [0.15, 0.2) is 48.5 Å². The van der Waals surface area contributed by atoms with E-state index in [-0.39, 0.29) is 25.0 Å². The Morgan fingerprint density at radius 1 is 1.06 bits per heavy atom. The lowest BCUT2D eigenvalue weighted by Crippen LogP contribution is -2.29. The molecular formula is C24H28ClN3O4. The maximum atomic E-state index is 12.0. The molecule has 1 aromatic heterocycles. The van der Waals surface area contributed by atoms with Gasteiger partial charge in [-0.3, -0.25) is 9.59 Å². The predicted molar refractivity (Wildman–Crippen MR) is 124 cm³/mol. The van der Waals surface area contributed by atoms with Crippen LogP contribution in [0.2, 0.25) is 5.02 Å². The summed E-state index contributed by atoms with van der Waals surface area (Å²) in [6, 6.07) is 14.7. The number of hydrogen-bond donors (Lipinski definition) is 1. The molecule has 3 aromatic rings. The number of aryl methyl sites for hydroxylation is 1. The Balaban J connectivity index is 1.40. The van der Waals surface area contributed by atoms with Crippen molar-refractivity contribution < 1.29 is 19.1 Å². The number of amides is 1. The first-order chi connectivity index (χ1) is 15.6. The highest BCUT2D eigenvalue weighted by molar-refractivity contribution is 6.30. The van der Waals surface area contributed by atoms with Gasteiger partial charge in [0.05, 0.1) is 17.6 Å². The van der Waals surface area contributed by atoms with Crippen LogP contribution in [0.3, 0.4) is 0 Å². The number of benzene rings is 2. The van der Waals surface area contributed by atoms with E-state index in [9.17, 15) is 9.59 Å². The molecule has 1 N–H and O–H groups in total. The topological polar surface area (TPSA) is 82.5 Å². The lowest BCUT2D eigenvalue weighted by molar-refractivity contribution is -0.143. The quantitative estimate of drug-likeness (QED) is 0.326. The number of nitrogens with one attached hydrogen (secondary N) is 1. The van der Waals surface area contributed by atoms with Crippen LogP contribution in [0.4, 0.5) is 0 Å². The number of hydrogen-bond acceptors (Lipinski definition) is 5. The molecule has 0 fully saturated rings. The number of carbonyl (C=O) groups is 2. The number of para-hydroxylation sites is 2. The van der Waals surface area contributed by atoms with E-state index in [2.05, 4.69) is 5.32 Å². The summed E-state index contributed by atoms with van der Waals surface area (Å²) < 4.78 is 12.5. The molecule has 1 heterocycles. The van der Waals surface area contributed by atoms with Gasteiger partial charge in [0.25, 0.3) is 5.91 Å². The van der Waals surface area contributed by atoms with Gasteiger partial charge in [-0.05, 0) is 56.2 Å². The molecule has 1 amide bonds. The Kier molecular flexibility index (Phi) is 8.92. The standard InChI is InChI=1S/C24H28ClN3O4/c1-2-31-24(30)16-28-21-9-6-5-8-20(21)27-22(28)10-4-3-7-15-26-23(29)17-32-19-13-11-18(25)12-14-19/h5-6,8-9,11-14H,2-4,7,10,15-17H2,1H3,(H,26,29). The lowest BCUT2D eigenvalue weighted by Gasteiger charge is -2.09. The van der Waals surface area contributed by atoms with Gasteiger partial charge in [-0.25, -0.2) is 4.98 Å². The molecule has 0 spiro atoms. The Bertz CT molecular complexity index is 1030. The van der Waals surface area contributed by atoms with Crippen molar-refractivity contribution in [2.75, 3.05) is 19.8 Å². The first kappa shape index (κ1) is 23.6. The third kappa shape index (κ3) is 6.99. The van der Waals surface area contributed by atoms with E-state index in [0.29, 0.717) is 23.9 Å². The third-order valence-corrected chi connectivity index (χ3v) is 5.16. The number of imidazole rings is 1. The van der Waals surface area contributed by atoms with E-state index in [1.807, 2.05) is 28.8 Å². The van der Waals surface area contributed by atoms with E-state index < -0.39 is 0 Å². The Morgan fingerprint density at radius 3 is 2.62 bits per heavy atom. The van der Waals surface area contributed by atoms with Crippen molar-refractivity contribution in [1.82, 2.24) is 14.9 Å². The molecule has 0 bridgehead atoms. The van der Waals surface area contributed by atoms with E-state index >= 15 is 0 Å². The number of esters is 1. The van der Waals surface area contributed by atoms with Crippen LogP contribution in [0, 0.1) is 0 Å². The van der Waals surface area contributed by atoms with Crippen molar-refractivity contribution >= 4 is 34.5 Å². The summed E-state index contributed by atoms with van der Waals surface area (Å²) in [6.07, 6.45) is 3.44. The molecule has 3 rings (SSSR count). The van der Waals surface area contributed by atoms with Crippen LogP contribution >= 0.6 is 11.6 Å². The molecular weight excluding hydrogens is 430 g/mol. The fourth-order valence-electron chi connectivity index (χ4n) is 3.37. The second-order valence-corrected chi connectivity index (χ2v) is 7.75. The number of halogens is 1. The number of nitrogens with zero attached hydrogens (tertiary/aromatic N) is 2. The molecule has 0 saturated heterocycles. The summed E-state index contributed by atoms with van der Waals surface area (Å²) in [7, 11) is 0. The van der Waals surface area contributed by atoms with Crippen molar-refractivity contribution in [3.05, 3.63) is 59.4 Å². The average Bonchev–Trinajstić information content (AvgIpc) is 3.13. The number of ether oxygens (including phenoxy) is 2. The SMILES string of the molecule is CCOC(=O)Cn1c(CCCCCNC(=O)COc2ccc(Cl)cc2)nc2ccccc21. The molecule has 32 heavy (non-hydrogen) atoms. The van der Waals surface area contributed by atoms with Crippen molar-refractivity contribution in [1.29, 1.82) is 0 Å². The molecule has 0 unspecified atom stereocenters. The van der Waals surface area contributed by atoms with Gasteiger partial charge in [-0.15, -0.1) is 0 Å². The minimum atomic E-state index is -0.263. The zero-order chi connectivity index (χ0) is 22.8. The second-order valence-electron chi connectivity index (χ2n) is 7.31. The maximum absolute atomic E-state index is 12.0. The first-order valence-corrected chi connectivity index (χ1v) is 11.2. The van der Waals surface area contributed by atoms with Crippen LogP contribution in [-0.2, 0) is 27.3 Å². The van der Waals surface area contributed by atoms with Gasteiger partial charge < -0.3 is 19.4 Å². The molecule has 8 heteroatoms. The van der Waals surface area contributed by atoms with E-state index in [1.54, 1.807) is 31.2 Å². The monoisotopic (exact) mass is 457 g/mol. The van der Waals surface area contributed by atoms with Crippen LogP contribution in [-0.4, -0.2) is 41.2 Å². The van der Waals surface area contributed by atoms with Gasteiger partial charge in [0.2, 0.25) is 0 Å². The third-order valence-electron chi connectivity index (χ3n) is 4.91. The molecule has 0 saturated carbocycles. The Morgan fingerprint density at radius 2 is 1.84 bits per heavy atom. The average molecular weight is 458 g/mol. The van der Waals surface area contributed by atoms with Gasteiger partial charge in [-0.2, -0.15) is 0 Å². The zero-order valence-corrected chi connectivity index (χ0v) is 18.9. The van der Waals surface area contributed by atoms with Crippen molar-refractivity contribution in [2.24, 2.45) is 0 Å². The van der Waals surface area contributed by atoms with Gasteiger partial charge in [0.15, 0.2) is 6.61 Å². The van der Waals surface area contributed by atoms with Gasteiger partial charge in [-0.1, -0.05) is 30.2 Å². The molecule has 0 radical (unpaired) electrons. The smallest absolute Gasteiger partial charge is 0.326 e. The summed E-state index contributed by atoms with van der Waals surface area (Å²) in [5.74, 6) is 1.06. The summed E-state index contributed by atoms with van der Waals surface area (Å²) >= 11 is 5.83. The largest absolute Gasteiger partial charge is 0.484 e. The summed E-state index contributed by atoms with van der Waals surface area (Å²) in [6.45, 7) is 2.87. The Hall–Kier alpha value is -3.06. The summed E-state index contributed by atoms with van der Waals surface area (Å²) in [4.78, 5) is 28.6. The van der Waals surface area contributed by atoms with E-state index in [4.69, 9.17) is 26.1 Å². The molecule has 170 valence electrons. The summed E-state index contributed by atoms with van der Waals surface area (Å²) in [5, 5.41) is 3.49. The Labute approximate surface area is 192 Å². The molecule has 0 aliphatic carbocycles. The summed E-state index contributed by atoms with van der Waals surface area (Å²) in [5.41, 5.74) is 1.81. The fourth-order valence-corrected chi connectivity index (χ4v) is 3.50. The maximum Gasteiger partial charge on any atom is 0.326 e. The van der Waals surface area contributed by atoms with Gasteiger partial charge in [0, 0.05) is 18.0 Å². The molecule has 0 aliphatic heterocycles. The predicted octanol–water partition coefficient (Wildman–Crippen LogP) is 4.16. The number of unbranched alkanes of at least 4 members (excludes halogenated alkanes) is 2. The highest BCUT2D eigenvalue weighted by Gasteiger charge is 2.14. The number of rotatable bonds is 12. The number of fused-ring (bicyclic) bond motifs is 1. The van der Waals surface area contributed by atoms with Crippen molar-refractivity contribution in [3.63, 3.8) is 0 Å². The van der Waals surface area contributed by atoms with E-state index in [1.165, 1.54) is 0 Å². The fraction of sp³-hybridized carbons (Fsp3) is 0.375. The normalized spacial score (nSPS) is 10.8. The minimum Gasteiger partial charge on any atom is -0.484 e. The zero-order valence-electron chi connectivity index (χ0n) is 18.2. The second kappa shape index (κ2) is 12.1. The van der Waals surface area contributed by atoms with Crippen LogP contribution in [0.1, 0.15) is 32.0 Å². The first-order valence-electron chi connectivity index (χ1n) is 10.8. The lowest BCUT2D eigenvalue weighted by atomic mass is 10.2. The van der Waals surface area contributed by atoms with E-state index in [0.717, 1.165) is 42.5 Å². The number of carbonyl (C=O) groups excluding carboxylic acids is 2. The van der Waals surface area contributed by atoms with Gasteiger partial charge in [0.1, 0.15) is 18.1 Å². The minimum absolute atomic E-state index is 0.0283. The van der Waals surface area contributed by atoms with Crippen LogP contribution < -0.4 is 10.1 Å².